The van der Waals surface area contributed by atoms with Gasteiger partial charge in [-0.05, 0) is 50.1 Å². The molecule has 32 heavy (non-hydrogen) atoms. The fourth-order valence-electron chi connectivity index (χ4n) is 3.25. The van der Waals surface area contributed by atoms with Gasteiger partial charge in [-0.2, -0.15) is 0 Å². The van der Waals surface area contributed by atoms with Gasteiger partial charge in [0, 0.05) is 25.9 Å². The third-order valence-electron chi connectivity index (χ3n) is 5.09. The first kappa shape index (κ1) is 24.2. The summed E-state index contributed by atoms with van der Waals surface area (Å²) < 4.78 is 38.6. The number of benzene rings is 2. The van der Waals surface area contributed by atoms with Gasteiger partial charge in [0.05, 0.1) is 16.7 Å². The Balaban J connectivity index is 1.69. The van der Waals surface area contributed by atoms with Crippen LogP contribution in [-0.4, -0.2) is 52.7 Å². The van der Waals surface area contributed by atoms with Gasteiger partial charge in [0.1, 0.15) is 4.90 Å². The van der Waals surface area contributed by atoms with Crippen LogP contribution in [-0.2, 0) is 24.3 Å². The summed E-state index contributed by atoms with van der Waals surface area (Å²) in [7, 11) is -2.40. The van der Waals surface area contributed by atoms with Crippen molar-refractivity contribution in [3.63, 3.8) is 0 Å². The second-order valence-electron chi connectivity index (χ2n) is 7.41. The summed E-state index contributed by atoms with van der Waals surface area (Å²) in [5.74, 6) is -1.26. The Morgan fingerprint density at radius 2 is 1.97 bits per heavy atom. The number of amides is 1. The molecule has 1 saturated heterocycles. The van der Waals surface area contributed by atoms with Crippen LogP contribution in [0.3, 0.4) is 0 Å². The van der Waals surface area contributed by atoms with E-state index in [1.807, 2.05) is 6.07 Å². The number of carbonyl (C=O) groups is 2. The van der Waals surface area contributed by atoms with Crippen molar-refractivity contribution in [2.75, 3.05) is 25.1 Å². The second kappa shape index (κ2) is 10.4. The standard InChI is InChI=1S/C22H25ClN2O6S/c1-15(21(26)25(2)17-7-4-3-5-8-17)31-22(27)16-10-11-19(23)20(13-16)32(28,29)24-14-18-9-6-12-30-18/h3-5,7-8,10-11,13,15,18,24H,6,9,12,14H2,1-2H3/t15-,18+/m1/s1. The highest BCUT2D eigenvalue weighted by atomic mass is 35.5. The van der Waals surface area contributed by atoms with Gasteiger partial charge in [-0.3, -0.25) is 4.79 Å². The molecule has 2 atom stereocenters. The zero-order valence-electron chi connectivity index (χ0n) is 17.8. The van der Waals surface area contributed by atoms with Crippen LogP contribution in [0.5, 0.6) is 0 Å². The van der Waals surface area contributed by atoms with Gasteiger partial charge in [0.15, 0.2) is 6.10 Å². The molecule has 172 valence electrons. The van der Waals surface area contributed by atoms with E-state index in [0.717, 1.165) is 18.9 Å². The van der Waals surface area contributed by atoms with Crippen LogP contribution in [0.2, 0.25) is 5.02 Å². The number of hydrogen-bond acceptors (Lipinski definition) is 6. The van der Waals surface area contributed by atoms with Crippen molar-refractivity contribution in [2.24, 2.45) is 0 Å². The highest BCUT2D eigenvalue weighted by molar-refractivity contribution is 7.89. The first-order chi connectivity index (χ1) is 15.2. The first-order valence-electron chi connectivity index (χ1n) is 10.1. The Labute approximate surface area is 192 Å². The molecule has 0 aliphatic carbocycles. The molecular weight excluding hydrogens is 456 g/mol. The Bertz CT molecular complexity index is 1070. The van der Waals surface area contributed by atoms with E-state index in [-0.39, 0.29) is 28.1 Å². The number of hydrogen-bond donors (Lipinski definition) is 1. The van der Waals surface area contributed by atoms with E-state index in [0.29, 0.717) is 12.3 Å². The van der Waals surface area contributed by atoms with Gasteiger partial charge in [-0.15, -0.1) is 0 Å². The van der Waals surface area contributed by atoms with E-state index in [1.165, 1.54) is 24.0 Å². The van der Waals surface area contributed by atoms with Crippen LogP contribution in [0.15, 0.2) is 53.4 Å². The molecular formula is C22H25ClN2O6S. The number of rotatable bonds is 8. The number of anilines is 1. The third kappa shape index (κ3) is 5.86. The predicted octanol–water partition coefficient (Wildman–Crippen LogP) is 3.01. The molecule has 0 bridgehead atoms. The average molecular weight is 481 g/mol. The van der Waals surface area contributed by atoms with E-state index in [2.05, 4.69) is 4.72 Å². The minimum absolute atomic E-state index is 0.0330. The predicted molar refractivity (Wildman–Crippen MR) is 120 cm³/mol. The molecule has 3 rings (SSSR count). The third-order valence-corrected chi connectivity index (χ3v) is 6.99. The second-order valence-corrected chi connectivity index (χ2v) is 9.56. The maximum atomic E-state index is 12.7. The molecule has 1 aliphatic heterocycles. The van der Waals surface area contributed by atoms with Crippen LogP contribution in [0.1, 0.15) is 30.1 Å². The molecule has 2 aromatic carbocycles. The fraction of sp³-hybridized carbons (Fsp3) is 0.364. The molecule has 0 saturated carbocycles. The Morgan fingerprint density at radius 1 is 1.25 bits per heavy atom. The Morgan fingerprint density at radius 3 is 2.62 bits per heavy atom. The molecule has 1 heterocycles. The lowest BCUT2D eigenvalue weighted by Gasteiger charge is -2.21. The van der Waals surface area contributed by atoms with Gasteiger partial charge in [0.25, 0.3) is 5.91 Å². The summed E-state index contributed by atoms with van der Waals surface area (Å²) in [4.78, 5) is 26.4. The number of likely N-dealkylation sites (N-methyl/N-ethyl adjacent to an activating group) is 1. The first-order valence-corrected chi connectivity index (χ1v) is 12.0. The van der Waals surface area contributed by atoms with Crippen molar-refractivity contribution in [3.05, 3.63) is 59.1 Å². The van der Waals surface area contributed by atoms with Crippen LogP contribution < -0.4 is 9.62 Å². The summed E-state index contributed by atoms with van der Waals surface area (Å²) in [6, 6.07) is 12.7. The Hall–Kier alpha value is -2.46. The highest BCUT2D eigenvalue weighted by Gasteiger charge is 2.26. The number of sulfonamides is 1. The molecule has 0 unspecified atom stereocenters. The molecule has 0 aromatic heterocycles. The molecule has 0 radical (unpaired) electrons. The average Bonchev–Trinajstić information content (AvgIpc) is 3.31. The molecule has 2 aromatic rings. The number of halogens is 1. The summed E-state index contributed by atoms with van der Waals surface area (Å²) >= 11 is 6.08. The highest BCUT2D eigenvalue weighted by Crippen LogP contribution is 2.24. The van der Waals surface area contributed by atoms with E-state index in [9.17, 15) is 18.0 Å². The smallest absolute Gasteiger partial charge is 0.338 e. The summed E-state index contributed by atoms with van der Waals surface area (Å²) in [5, 5.41) is -0.0330. The van der Waals surface area contributed by atoms with Gasteiger partial charge in [0.2, 0.25) is 10.0 Å². The molecule has 1 fully saturated rings. The van der Waals surface area contributed by atoms with Crippen molar-refractivity contribution in [1.29, 1.82) is 0 Å². The number of esters is 1. The van der Waals surface area contributed by atoms with Crippen molar-refractivity contribution in [3.8, 4) is 0 Å². The summed E-state index contributed by atoms with van der Waals surface area (Å²) in [5.41, 5.74) is 0.617. The minimum Gasteiger partial charge on any atom is -0.449 e. The van der Waals surface area contributed by atoms with E-state index in [4.69, 9.17) is 21.1 Å². The lowest BCUT2D eigenvalue weighted by Crippen LogP contribution is -2.37. The SMILES string of the molecule is C[C@@H](OC(=O)c1ccc(Cl)c(S(=O)(=O)NC[C@@H]2CCCO2)c1)C(=O)N(C)c1ccccc1. The van der Waals surface area contributed by atoms with Crippen molar-refractivity contribution in [2.45, 2.75) is 36.9 Å². The van der Waals surface area contributed by atoms with E-state index in [1.54, 1.807) is 31.3 Å². The maximum absolute atomic E-state index is 12.7. The van der Waals surface area contributed by atoms with Crippen molar-refractivity contribution in [1.82, 2.24) is 4.72 Å². The van der Waals surface area contributed by atoms with Crippen LogP contribution in [0.25, 0.3) is 0 Å². The van der Waals surface area contributed by atoms with E-state index < -0.39 is 28.0 Å². The normalized spacial score (nSPS) is 17.0. The lowest BCUT2D eigenvalue weighted by atomic mass is 10.2. The van der Waals surface area contributed by atoms with Gasteiger partial charge < -0.3 is 14.4 Å². The topological polar surface area (TPSA) is 102 Å². The zero-order valence-corrected chi connectivity index (χ0v) is 19.4. The lowest BCUT2D eigenvalue weighted by molar-refractivity contribution is -0.126. The maximum Gasteiger partial charge on any atom is 0.338 e. The molecule has 1 aliphatic rings. The van der Waals surface area contributed by atoms with Crippen LogP contribution in [0, 0.1) is 0 Å². The number of para-hydroxylation sites is 1. The quantitative estimate of drug-likeness (QED) is 0.583. The van der Waals surface area contributed by atoms with E-state index >= 15 is 0 Å². The van der Waals surface area contributed by atoms with Crippen LogP contribution >= 0.6 is 11.6 Å². The van der Waals surface area contributed by atoms with Crippen molar-refractivity contribution < 1.29 is 27.5 Å². The number of nitrogens with one attached hydrogen (secondary N) is 1. The Kier molecular flexibility index (Phi) is 7.89. The van der Waals surface area contributed by atoms with Gasteiger partial charge in [-0.25, -0.2) is 17.9 Å². The van der Waals surface area contributed by atoms with Crippen molar-refractivity contribution >= 4 is 39.2 Å². The minimum atomic E-state index is -3.97. The zero-order chi connectivity index (χ0) is 23.3. The fourth-order valence-corrected chi connectivity index (χ4v) is 4.84. The monoisotopic (exact) mass is 480 g/mol. The largest absolute Gasteiger partial charge is 0.449 e. The van der Waals surface area contributed by atoms with Gasteiger partial charge >= 0.3 is 5.97 Å². The number of nitrogens with zero attached hydrogens (tertiary/aromatic N) is 1. The molecule has 1 amide bonds. The summed E-state index contributed by atoms with van der Waals surface area (Å²) in [6.07, 6.45) is 0.378. The molecule has 0 spiro atoms. The van der Waals surface area contributed by atoms with Crippen LogP contribution in [0.4, 0.5) is 5.69 Å². The molecule has 10 heteroatoms. The molecule has 1 N–H and O–H groups in total. The molecule has 8 nitrogen and oxygen atoms in total. The summed E-state index contributed by atoms with van der Waals surface area (Å²) in [6.45, 7) is 2.17. The number of carbonyl (C=O) groups excluding carboxylic acids is 2. The van der Waals surface area contributed by atoms with Gasteiger partial charge in [-0.1, -0.05) is 29.8 Å². The number of ether oxygens (including phenoxy) is 2.